The molecule has 1 aliphatic heterocycles. The molecule has 1 aliphatic rings. The Balaban J connectivity index is 1.67. The molecule has 1 aromatic heterocycles. The molecule has 132 valence electrons. The molecule has 1 fully saturated rings. The van der Waals surface area contributed by atoms with Gasteiger partial charge in [0, 0.05) is 37.6 Å². The number of nitrogens with one attached hydrogen (secondary N) is 1. The Labute approximate surface area is 149 Å². The maximum Gasteiger partial charge on any atom is 0.251 e. The number of pyridine rings is 1. The average molecular weight is 339 g/mol. The van der Waals surface area contributed by atoms with Gasteiger partial charge in [0.25, 0.3) is 5.91 Å². The summed E-state index contributed by atoms with van der Waals surface area (Å²) in [6, 6.07) is 13.2. The number of piperidine rings is 1. The predicted molar refractivity (Wildman–Crippen MR) is 98.8 cm³/mol. The summed E-state index contributed by atoms with van der Waals surface area (Å²) in [5.41, 5.74) is 2.63. The molecule has 1 atom stereocenters. The number of rotatable bonds is 6. The van der Waals surface area contributed by atoms with Crippen LogP contribution in [0.4, 0.5) is 5.69 Å². The number of amides is 1. The van der Waals surface area contributed by atoms with Crippen molar-refractivity contribution in [3.8, 4) is 0 Å². The van der Waals surface area contributed by atoms with Crippen LogP contribution in [-0.4, -0.2) is 37.7 Å². The number of hydrogen-bond acceptors (Lipinski definition) is 4. The van der Waals surface area contributed by atoms with Crippen molar-refractivity contribution in [2.75, 3.05) is 31.7 Å². The van der Waals surface area contributed by atoms with E-state index in [1.165, 1.54) is 24.9 Å². The maximum absolute atomic E-state index is 12.6. The van der Waals surface area contributed by atoms with Crippen LogP contribution in [-0.2, 0) is 4.74 Å². The maximum atomic E-state index is 12.6. The fourth-order valence-corrected chi connectivity index (χ4v) is 3.17. The quantitative estimate of drug-likeness (QED) is 0.878. The van der Waals surface area contributed by atoms with Crippen molar-refractivity contribution in [3.63, 3.8) is 0 Å². The highest BCUT2D eigenvalue weighted by Gasteiger charge is 2.17. The first kappa shape index (κ1) is 17.4. The molecule has 25 heavy (non-hydrogen) atoms. The number of carbonyl (C=O) groups is 1. The van der Waals surface area contributed by atoms with Crippen LogP contribution in [0.1, 0.15) is 41.4 Å². The minimum absolute atomic E-state index is 0.113. The number of hydrogen-bond donors (Lipinski definition) is 1. The molecule has 2 heterocycles. The van der Waals surface area contributed by atoms with Crippen LogP contribution in [0.2, 0.25) is 0 Å². The highest BCUT2D eigenvalue weighted by Crippen LogP contribution is 2.20. The van der Waals surface area contributed by atoms with Gasteiger partial charge in [-0.1, -0.05) is 6.07 Å². The molecule has 0 radical (unpaired) electrons. The topological polar surface area (TPSA) is 54.5 Å². The Bertz CT molecular complexity index is 667. The van der Waals surface area contributed by atoms with E-state index in [1.807, 2.05) is 42.5 Å². The lowest BCUT2D eigenvalue weighted by atomic mass is 10.1. The number of nitrogens with zero attached hydrogens (tertiary/aromatic N) is 2. The minimum Gasteiger partial charge on any atom is -0.382 e. The van der Waals surface area contributed by atoms with Crippen molar-refractivity contribution >= 4 is 11.6 Å². The summed E-state index contributed by atoms with van der Waals surface area (Å²) in [4.78, 5) is 19.3. The van der Waals surface area contributed by atoms with Gasteiger partial charge in [-0.3, -0.25) is 9.78 Å². The first-order valence-corrected chi connectivity index (χ1v) is 8.83. The van der Waals surface area contributed by atoms with Crippen LogP contribution in [0.3, 0.4) is 0 Å². The zero-order valence-electron chi connectivity index (χ0n) is 14.6. The van der Waals surface area contributed by atoms with Gasteiger partial charge in [0.2, 0.25) is 0 Å². The lowest BCUT2D eigenvalue weighted by Gasteiger charge is -2.28. The molecule has 1 N–H and O–H groups in total. The van der Waals surface area contributed by atoms with E-state index in [9.17, 15) is 4.79 Å². The number of benzene rings is 1. The van der Waals surface area contributed by atoms with Crippen molar-refractivity contribution in [1.29, 1.82) is 0 Å². The Kier molecular flexibility index (Phi) is 6.01. The fourth-order valence-electron chi connectivity index (χ4n) is 3.17. The first-order chi connectivity index (χ1) is 12.3. The van der Waals surface area contributed by atoms with Crippen molar-refractivity contribution in [2.24, 2.45) is 0 Å². The lowest BCUT2D eigenvalue weighted by Crippen LogP contribution is -2.32. The summed E-state index contributed by atoms with van der Waals surface area (Å²) in [5.74, 6) is -0.113. The van der Waals surface area contributed by atoms with Gasteiger partial charge in [0.05, 0.1) is 18.3 Å². The number of ether oxygens (including phenoxy) is 1. The third-order valence-corrected chi connectivity index (χ3v) is 4.53. The van der Waals surface area contributed by atoms with Gasteiger partial charge in [0.15, 0.2) is 0 Å². The SMILES string of the molecule is COC[C@@H](NC(=O)c1ccc(N2CCCCC2)cc1)c1ccccn1. The second-order valence-corrected chi connectivity index (χ2v) is 6.33. The minimum atomic E-state index is -0.263. The van der Waals surface area contributed by atoms with Crippen molar-refractivity contribution in [1.82, 2.24) is 10.3 Å². The lowest BCUT2D eigenvalue weighted by molar-refractivity contribution is 0.0894. The summed E-state index contributed by atoms with van der Waals surface area (Å²) in [5, 5.41) is 3.01. The van der Waals surface area contributed by atoms with E-state index in [0.29, 0.717) is 12.2 Å². The second kappa shape index (κ2) is 8.62. The molecule has 0 spiro atoms. The standard InChI is InChI=1S/C20H25N3O2/c1-25-15-19(18-7-3-4-12-21-18)22-20(24)16-8-10-17(11-9-16)23-13-5-2-6-14-23/h3-4,7-12,19H,2,5-6,13-15H2,1H3,(H,22,24)/t19-/m1/s1. The van der Waals surface area contributed by atoms with Crippen molar-refractivity contribution in [3.05, 3.63) is 59.9 Å². The number of anilines is 1. The Morgan fingerprint density at radius 2 is 1.92 bits per heavy atom. The predicted octanol–water partition coefficient (Wildman–Crippen LogP) is 3.19. The number of aromatic nitrogens is 1. The van der Waals surface area contributed by atoms with Gasteiger partial charge in [-0.15, -0.1) is 0 Å². The molecule has 1 amide bonds. The van der Waals surface area contributed by atoms with Crippen LogP contribution >= 0.6 is 0 Å². The van der Waals surface area contributed by atoms with E-state index in [0.717, 1.165) is 18.8 Å². The largest absolute Gasteiger partial charge is 0.382 e. The smallest absolute Gasteiger partial charge is 0.251 e. The Morgan fingerprint density at radius 3 is 2.56 bits per heavy atom. The van der Waals surface area contributed by atoms with Gasteiger partial charge >= 0.3 is 0 Å². The third kappa shape index (κ3) is 4.57. The van der Waals surface area contributed by atoms with E-state index in [4.69, 9.17) is 4.74 Å². The third-order valence-electron chi connectivity index (χ3n) is 4.53. The molecule has 3 rings (SSSR count). The Morgan fingerprint density at radius 1 is 1.16 bits per heavy atom. The van der Waals surface area contributed by atoms with Crippen LogP contribution in [0.5, 0.6) is 0 Å². The van der Waals surface area contributed by atoms with Crippen LogP contribution in [0.15, 0.2) is 48.7 Å². The van der Waals surface area contributed by atoms with Gasteiger partial charge in [-0.05, 0) is 55.7 Å². The summed E-state index contributed by atoms with van der Waals surface area (Å²) in [6.07, 6.45) is 5.51. The summed E-state index contributed by atoms with van der Waals surface area (Å²) in [7, 11) is 1.62. The Hall–Kier alpha value is -2.40. The summed E-state index contributed by atoms with van der Waals surface area (Å²) in [6.45, 7) is 2.58. The first-order valence-electron chi connectivity index (χ1n) is 8.83. The molecular formula is C20H25N3O2. The van der Waals surface area contributed by atoms with E-state index >= 15 is 0 Å². The van der Waals surface area contributed by atoms with Crippen LogP contribution < -0.4 is 10.2 Å². The van der Waals surface area contributed by atoms with E-state index in [1.54, 1.807) is 13.3 Å². The number of carbonyl (C=O) groups excluding carboxylic acids is 1. The van der Waals surface area contributed by atoms with Crippen LogP contribution in [0.25, 0.3) is 0 Å². The molecule has 0 saturated carbocycles. The van der Waals surface area contributed by atoms with E-state index in [2.05, 4.69) is 15.2 Å². The van der Waals surface area contributed by atoms with Crippen molar-refractivity contribution < 1.29 is 9.53 Å². The fraction of sp³-hybridized carbons (Fsp3) is 0.400. The molecule has 5 nitrogen and oxygen atoms in total. The molecule has 5 heteroatoms. The number of methoxy groups -OCH3 is 1. The highest BCUT2D eigenvalue weighted by molar-refractivity contribution is 5.94. The molecule has 0 aliphatic carbocycles. The summed E-state index contributed by atoms with van der Waals surface area (Å²) >= 11 is 0. The van der Waals surface area contributed by atoms with Gasteiger partial charge in [-0.2, -0.15) is 0 Å². The highest BCUT2D eigenvalue weighted by atomic mass is 16.5. The summed E-state index contributed by atoms with van der Waals surface area (Å²) < 4.78 is 5.23. The van der Waals surface area contributed by atoms with E-state index in [-0.39, 0.29) is 11.9 Å². The second-order valence-electron chi connectivity index (χ2n) is 6.33. The molecule has 2 aromatic rings. The zero-order chi connectivity index (χ0) is 17.5. The van der Waals surface area contributed by atoms with Gasteiger partial charge in [-0.25, -0.2) is 0 Å². The van der Waals surface area contributed by atoms with Crippen LogP contribution in [0, 0.1) is 0 Å². The average Bonchev–Trinajstić information content (AvgIpc) is 2.69. The molecule has 0 unspecified atom stereocenters. The van der Waals surface area contributed by atoms with Gasteiger partial charge in [0.1, 0.15) is 0 Å². The van der Waals surface area contributed by atoms with Gasteiger partial charge < -0.3 is 15.0 Å². The normalized spacial score (nSPS) is 15.6. The zero-order valence-corrected chi connectivity index (χ0v) is 14.6. The molecule has 1 saturated heterocycles. The van der Waals surface area contributed by atoms with E-state index < -0.39 is 0 Å². The molecule has 1 aromatic carbocycles. The molecule has 0 bridgehead atoms. The monoisotopic (exact) mass is 339 g/mol. The molecular weight excluding hydrogens is 314 g/mol. The van der Waals surface area contributed by atoms with Crippen molar-refractivity contribution in [2.45, 2.75) is 25.3 Å².